The molecule has 0 aromatic carbocycles. The summed E-state index contributed by atoms with van der Waals surface area (Å²) in [6.07, 6.45) is 4.38. The SMILES string of the molecule is O=C(O)c1cnn(Cc2ccn(CCF)n2)c1. The van der Waals surface area contributed by atoms with Crippen LogP contribution in [0.2, 0.25) is 0 Å². The van der Waals surface area contributed by atoms with Gasteiger partial charge in [-0.25, -0.2) is 9.18 Å². The molecule has 0 atom stereocenters. The molecule has 6 nitrogen and oxygen atoms in total. The lowest BCUT2D eigenvalue weighted by Crippen LogP contribution is -2.04. The fourth-order valence-corrected chi connectivity index (χ4v) is 1.43. The molecule has 0 radical (unpaired) electrons. The Morgan fingerprint density at radius 3 is 2.94 bits per heavy atom. The second-order valence-corrected chi connectivity index (χ2v) is 3.49. The topological polar surface area (TPSA) is 72.9 Å². The largest absolute Gasteiger partial charge is 0.478 e. The van der Waals surface area contributed by atoms with Gasteiger partial charge in [0.05, 0.1) is 30.5 Å². The first-order chi connectivity index (χ1) is 8.19. The van der Waals surface area contributed by atoms with Crippen molar-refractivity contribution in [2.45, 2.75) is 13.1 Å². The fourth-order valence-electron chi connectivity index (χ4n) is 1.43. The first-order valence-electron chi connectivity index (χ1n) is 5.03. The van der Waals surface area contributed by atoms with E-state index in [0.717, 1.165) is 0 Å². The second-order valence-electron chi connectivity index (χ2n) is 3.49. The highest BCUT2D eigenvalue weighted by molar-refractivity contribution is 5.86. The third-order valence-electron chi connectivity index (χ3n) is 2.21. The normalized spacial score (nSPS) is 10.6. The van der Waals surface area contributed by atoms with Crippen molar-refractivity contribution >= 4 is 5.97 Å². The number of carbonyl (C=O) groups is 1. The summed E-state index contributed by atoms with van der Waals surface area (Å²) < 4.78 is 15.0. The molecule has 0 amide bonds. The first kappa shape index (κ1) is 11.3. The van der Waals surface area contributed by atoms with Gasteiger partial charge in [0, 0.05) is 12.4 Å². The van der Waals surface area contributed by atoms with E-state index in [-0.39, 0.29) is 12.1 Å². The molecule has 2 aromatic heterocycles. The molecule has 2 aromatic rings. The van der Waals surface area contributed by atoms with E-state index in [1.807, 2.05) is 0 Å². The van der Waals surface area contributed by atoms with E-state index in [1.54, 1.807) is 12.3 Å². The van der Waals surface area contributed by atoms with Gasteiger partial charge in [-0.1, -0.05) is 0 Å². The molecule has 0 bridgehead atoms. The molecular weight excluding hydrogens is 227 g/mol. The van der Waals surface area contributed by atoms with E-state index in [2.05, 4.69) is 10.2 Å². The molecule has 90 valence electrons. The fraction of sp³-hybridized carbons (Fsp3) is 0.300. The third-order valence-corrected chi connectivity index (χ3v) is 2.21. The maximum absolute atomic E-state index is 12.1. The van der Waals surface area contributed by atoms with Gasteiger partial charge < -0.3 is 5.11 Å². The van der Waals surface area contributed by atoms with Gasteiger partial charge in [0.15, 0.2) is 0 Å². The molecule has 0 aliphatic heterocycles. The van der Waals surface area contributed by atoms with Crippen molar-refractivity contribution in [3.05, 3.63) is 35.9 Å². The summed E-state index contributed by atoms with van der Waals surface area (Å²) >= 11 is 0. The number of halogens is 1. The van der Waals surface area contributed by atoms with Gasteiger partial charge in [-0.2, -0.15) is 10.2 Å². The molecule has 7 heteroatoms. The minimum atomic E-state index is -1.01. The maximum atomic E-state index is 12.1. The lowest BCUT2D eigenvalue weighted by Gasteiger charge is -1.97. The zero-order valence-electron chi connectivity index (χ0n) is 8.95. The molecule has 0 aliphatic carbocycles. The van der Waals surface area contributed by atoms with Crippen LogP contribution in [-0.4, -0.2) is 37.3 Å². The van der Waals surface area contributed by atoms with Crippen LogP contribution in [0.15, 0.2) is 24.7 Å². The molecule has 2 rings (SSSR count). The highest BCUT2D eigenvalue weighted by atomic mass is 19.1. The molecular formula is C10H11FN4O2. The van der Waals surface area contributed by atoms with E-state index in [4.69, 9.17) is 5.11 Å². The molecule has 0 fully saturated rings. The Bertz CT molecular complexity index is 520. The summed E-state index contributed by atoms with van der Waals surface area (Å²) in [6.45, 7) is 0.123. The second kappa shape index (κ2) is 4.77. The van der Waals surface area contributed by atoms with Crippen molar-refractivity contribution in [2.24, 2.45) is 0 Å². The van der Waals surface area contributed by atoms with E-state index in [1.165, 1.54) is 21.8 Å². The van der Waals surface area contributed by atoms with Gasteiger partial charge in [-0.05, 0) is 6.07 Å². The van der Waals surface area contributed by atoms with Crippen molar-refractivity contribution in [2.75, 3.05) is 6.67 Å². The van der Waals surface area contributed by atoms with Crippen LogP contribution < -0.4 is 0 Å². The number of aryl methyl sites for hydroxylation is 1. The summed E-state index contributed by atoms with van der Waals surface area (Å²) in [5.41, 5.74) is 0.840. The third kappa shape index (κ3) is 2.68. The van der Waals surface area contributed by atoms with Crippen LogP contribution in [0, 0.1) is 0 Å². The molecule has 17 heavy (non-hydrogen) atoms. The Hall–Kier alpha value is -2.18. The average molecular weight is 238 g/mol. The number of aromatic carboxylic acids is 1. The van der Waals surface area contributed by atoms with E-state index in [9.17, 15) is 9.18 Å². The standard InChI is InChI=1S/C10H11FN4O2/c11-2-4-14-3-1-9(13-14)7-15-6-8(5-12-15)10(16)17/h1,3,5-6H,2,4,7H2,(H,16,17). The average Bonchev–Trinajstić information content (AvgIpc) is 2.89. The molecule has 1 N–H and O–H groups in total. The quantitative estimate of drug-likeness (QED) is 0.836. The number of carboxylic acid groups (broad SMARTS) is 1. The molecule has 0 saturated heterocycles. The van der Waals surface area contributed by atoms with Gasteiger partial charge in [0.2, 0.25) is 0 Å². The predicted molar refractivity (Wildman–Crippen MR) is 56.5 cm³/mol. The van der Waals surface area contributed by atoms with Crippen LogP contribution >= 0.6 is 0 Å². The van der Waals surface area contributed by atoms with Crippen LogP contribution in [0.25, 0.3) is 0 Å². The zero-order chi connectivity index (χ0) is 12.3. The molecule has 0 unspecified atom stereocenters. The van der Waals surface area contributed by atoms with Crippen LogP contribution in [0.5, 0.6) is 0 Å². The zero-order valence-corrected chi connectivity index (χ0v) is 8.95. The lowest BCUT2D eigenvalue weighted by atomic mass is 10.4. The number of rotatable bonds is 5. The summed E-state index contributed by atoms with van der Waals surface area (Å²) in [4.78, 5) is 10.6. The minimum Gasteiger partial charge on any atom is -0.478 e. The Labute approximate surface area is 96.3 Å². The molecule has 0 spiro atoms. The first-order valence-corrected chi connectivity index (χ1v) is 5.03. The highest BCUT2D eigenvalue weighted by Crippen LogP contribution is 2.02. The monoisotopic (exact) mass is 238 g/mol. The Balaban J connectivity index is 2.05. The van der Waals surface area contributed by atoms with Crippen molar-refractivity contribution in [3.63, 3.8) is 0 Å². The Morgan fingerprint density at radius 2 is 2.29 bits per heavy atom. The van der Waals surface area contributed by atoms with Crippen molar-refractivity contribution in [1.29, 1.82) is 0 Å². The van der Waals surface area contributed by atoms with Crippen molar-refractivity contribution in [3.8, 4) is 0 Å². The maximum Gasteiger partial charge on any atom is 0.338 e. The van der Waals surface area contributed by atoms with Gasteiger partial charge in [0.1, 0.15) is 6.67 Å². The molecule has 0 aliphatic rings. The van der Waals surface area contributed by atoms with Crippen LogP contribution in [-0.2, 0) is 13.1 Å². The van der Waals surface area contributed by atoms with Crippen LogP contribution in [0.4, 0.5) is 4.39 Å². The van der Waals surface area contributed by atoms with E-state index < -0.39 is 12.6 Å². The summed E-state index contributed by atoms with van der Waals surface area (Å²) in [7, 11) is 0. The van der Waals surface area contributed by atoms with Gasteiger partial charge in [-0.3, -0.25) is 9.36 Å². The summed E-state index contributed by atoms with van der Waals surface area (Å²) in [6, 6.07) is 1.75. The highest BCUT2D eigenvalue weighted by Gasteiger charge is 2.07. The predicted octanol–water partition coefficient (Wildman–Crippen LogP) is 0.796. The van der Waals surface area contributed by atoms with E-state index in [0.29, 0.717) is 12.2 Å². The smallest absolute Gasteiger partial charge is 0.338 e. The van der Waals surface area contributed by atoms with Gasteiger partial charge in [-0.15, -0.1) is 0 Å². The van der Waals surface area contributed by atoms with Crippen LogP contribution in [0.1, 0.15) is 16.1 Å². The number of aromatic nitrogens is 4. The number of hydrogen-bond donors (Lipinski definition) is 1. The minimum absolute atomic E-state index is 0.133. The lowest BCUT2D eigenvalue weighted by molar-refractivity contribution is 0.0697. The van der Waals surface area contributed by atoms with Gasteiger partial charge in [0.25, 0.3) is 0 Å². The van der Waals surface area contributed by atoms with E-state index >= 15 is 0 Å². The molecule has 2 heterocycles. The molecule has 0 saturated carbocycles. The summed E-state index contributed by atoms with van der Waals surface area (Å²) in [5, 5.41) is 16.7. The Morgan fingerprint density at radius 1 is 1.47 bits per heavy atom. The van der Waals surface area contributed by atoms with Crippen LogP contribution in [0.3, 0.4) is 0 Å². The number of nitrogens with zero attached hydrogens (tertiary/aromatic N) is 4. The van der Waals surface area contributed by atoms with Gasteiger partial charge >= 0.3 is 5.97 Å². The Kier molecular flexibility index (Phi) is 3.17. The number of alkyl halides is 1. The van der Waals surface area contributed by atoms with Crippen molar-refractivity contribution < 1.29 is 14.3 Å². The van der Waals surface area contributed by atoms with Crippen molar-refractivity contribution in [1.82, 2.24) is 19.6 Å². The summed E-state index contributed by atoms with van der Waals surface area (Å²) in [5.74, 6) is -1.01. The number of hydrogen-bond acceptors (Lipinski definition) is 3. The number of carboxylic acids is 1.